The summed E-state index contributed by atoms with van der Waals surface area (Å²) in [5.74, 6) is -0.0368. The van der Waals surface area contributed by atoms with Crippen molar-refractivity contribution in [3.8, 4) is 0 Å². The van der Waals surface area contributed by atoms with E-state index in [1.807, 2.05) is 19.1 Å². The van der Waals surface area contributed by atoms with E-state index in [2.05, 4.69) is 10.3 Å². The van der Waals surface area contributed by atoms with Gasteiger partial charge >= 0.3 is 0 Å². The van der Waals surface area contributed by atoms with Crippen LogP contribution in [-0.4, -0.2) is 22.1 Å². The molecule has 0 spiro atoms. The number of carbonyl (C=O) groups is 1. The molecule has 1 heterocycles. The van der Waals surface area contributed by atoms with Crippen molar-refractivity contribution in [2.45, 2.75) is 38.8 Å². The number of pyridine rings is 1. The molecule has 0 bridgehead atoms. The van der Waals surface area contributed by atoms with E-state index in [1.165, 1.54) is 0 Å². The van der Waals surface area contributed by atoms with Gasteiger partial charge in [-0.3, -0.25) is 9.78 Å². The van der Waals surface area contributed by atoms with Gasteiger partial charge in [0, 0.05) is 18.8 Å². The molecule has 4 heteroatoms. The predicted molar refractivity (Wildman–Crippen MR) is 61.7 cm³/mol. The summed E-state index contributed by atoms with van der Waals surface area (Å²) in [6.07, 6.45) is 3.82. The Labute approximate surface area is 95.7 Å². The highest BCUT2D eigenvalue weighted by Crippen LogP contribution is 2.10. The van der Waals surface area contributed by atoms with E-state index in [4.69, 9.17) is 5.11 Å². The summed E-state index contributed by atoms with van der Waals surface area (Å²) in [6.45, 7) is 3.61. The molecule has 1 amide bonds. The average Bonchev–Trinajstić information content (AvgIpc) is 2.27. The molecule has 88 valence electrons. The number of aliphatic hydroxyl groups excluding tert-OH is 1. The molecule has 0 saturated carbocycles. The van der Waals surface area contributed by atoms with E-state index in [9.17, 15) is 4.79 Å². The zero-order valence-corrected chi connectivity index (χ0v) is 9.68. The van der Waals surface area contributed by atoms with Crippen molar-refractivity contribution in [3.05, 3.63) is 30.1 Å². The van der Waals surface area contributed by atoms with Gasteiger partial charge in [-0.2, -0.15) is 0 Å². The Morgan fingerprint density at radius 1 is 1.44 bits per heavy atom. The van der Waals surface area contributed by atoms with Gasteiger partial charge in [-0.15, -0.1) is 0 Å². The lowest BCUT2D eigenvalue weighted by Gasteiger charge is -2.14. The molecule has 0 aliphatic rings. The van der Waals surface area contributed by atoms with Crippen molar-refractivity contribution in [1.82, 2.24) is 10.3 Å². The molecule has 0 aromatic carbocycles. The van der Waals surface area contributed by atoms with Crippen LogP contribution in [0.15, 0.2) is 24.5 Å². The highest BCUT2D eigenvalue weighted by molar-refractivity contribution is 5.76. The number of hydrogen-bond donors (Lipinski definition) is 2. The standard InChI is InChI=1S/C12H18N2O2/c1-9(15)3-4-12(16)14-10(2)11-5-7-13-8-6-11/h5-10,15H,3-4H2,1-2H3,(H,14,16). The lowest BCUT2D eigenvalue weighted by molar-refractivity contribution is -0.122. The van der Waals surface area contributed by atoms with Crippen LogP contribution in [-0.2, 0) is 4.79 Å². The first-order chi connectivity index (χ1) is 7.59. The largest absolute Gasteiger partial charge is 0.393 e. The number of nitrogens with one attached hydrogen (secondary N) is 1. The van der Waals surface area contributed by atoms with Crippen molar-refractivity contribution in [1.29, 1.82) is 0 Å². The van der Waals surface area contributed by atoms with Crippen LogP contribution < -0.4 is 5.32 Å². The number of aliphatic hydroxyl groups is 1. The fraction of sp³-hybridized carbons (Fsp3) is 0.500. The Hall–Kier alpha value is -1.42. The minimum atomic E-state index is -0.429. The molecular formula is C12H18N2O2. The van der Waals surface area contributed by atoms with Crippen LogP contribution in [0.2, 0.25) is 0 Å². The number of amides is 1. The highest BCUT2D eigenvalue weighted by Gasteiger charge is 2.09. The van der Waals surface area contributed by atoms with Gasteiger partial charge in [0.2, 0.25) is 5.91 Å². The Kier molecular flexibility index (Phi) is 4.92. The fourth-order valence-electron chi connectivity index (χ4n) is 1.39. The number of nitrogens with zero attached hydrogens (tertiary/aromatic N) is 1. The molecule has 2 atom stereocenters. The van der Waals surface area contributed by atoms with Crippen molar-refractivity contribution in [3.63, 3.8) is 0 Å². The van der Waals surface area contributed by atoms with Crippen molar-refractivity contribution in [2.75, 3.05) is 0 Å². The number of aromatic nitrogens is 1. The molecule has 4 nitrogen and oxygen atoms in total. The molecule has 1 rings (SSSR count). The zero-order chi connectivity index (χ0) is 12.0. The maximum absolute atomic E-state index is 11.5. The Bertz CT molecular complexity index is 325. The van der Waals surface area contributed by atoms with Crippen molar-refractivity contribution in [2.24, 2.45) is 0 Å². The Balaban J connectivity index is 2.40. The fourth-order valence-corrected chi connectivity index (χ4v) is 1.39. The third-order valence-corrected chi connectivity index (χ3v) is 2.37. The van der Waals surface area contributed by atoms with Crippen LogP contribution in [0.3, 0.4) is 0 Å². The first-order valence-electron chi connectivity index (χ1n) is 5.47. The van der Waals surface area contributed by atoms with E-state index in [-0.39, 0.29) is 11.9 Å². The first-order valence-corrected chi connectivity index (χ1v) is 5.47. The summed E-state index contributed by atoms with van der Waals surface area (Å²) in [6, 6.07) is 3.73. The molecule has 2 N–H and O–H groups in total. The molecule has 0 radical (unpaired) electrons. The van der Waals surface area contributed by atoms with Gasteiger partial charge in [0.1, 0.15) is 0 Å². The zero-order valence-electron chi connectivity index (χ0n) is 9.68. The van der Waals surface area contributed by atoms with Crippen LogP contribution in [0.4, 0.5) is 0 Å². The summed E-state index contributed by atoms with van der Waals surface area (Å²) in [7, 11) is 0. The number of rotatable bonds is 5. The molecule has 16 heavy (non-hydrogen) atoms. The minimum Gasteiger partial charge on any atom is -0.393 e. The van der Waals surface area contributed by atoms with Gasteiger partial charge in [0.05, 0.1) is 12.1 Å². The topological polar surface area (TPSA) is 62.2 Å². The third-order valence-electron chi connectivity index (χ3n) is 2.37. The summed E-state index contributed by atoms with van der Waals surface area (Å²) in [5.41, 5.74) is 1.03. The monoisotopic (exact) mass is 222 g/mol. The summed E-state index contributed by atoms with van der Waals surface area (Å²) >= 11 is 0. The SMILES string of the molecule is CC(O)CCC(=O)NC(C)c1ccncc1. The maximum Gasteiger partial charge on any atom is 0.220 e. The van der Waals surface area contributed by atoms with E-state index < -0.39 is 6.10 Å². The Morgan fingerprint density at radius 3 is 2.62 bits per heavy atom. The second-order valence-electron chi connectivity index (χ2n) is 3.96. The molecular weight excluding hydrogens is 204 g/mol. The van der Waals surface area contributed by atoms with Crippen LogP contribution in [0.25, 0.3) is 0 Å². The van der Waals surface area contributed by atoms with Crippen LogP contribution in [0.1, 0.15) is 38.3 Å². The van der Waals surface area contributed by atoms with E-state index in [0.29, 0.717) is 12.8 Å². The van der Waals surface area contributed by atoms with Gasteiger partial charge in [-0.05, 0) is 38.0 Å². The van der Waals surface area contributed by atoms with Gasteiger partial charge in [-0.25, -0.2) is 0 Å². The molecule has 0 aliphatic carbocycles. The van der Waals surface area contributed by atoms with E-state index >= 15 is 0 Å². The van der Waals surface area contributed by atoms with Crippen molar-refractivity contribution >= 4 is 5.91 Å². The second kappa shape index (κ2) is 6.23. The minimum absolute atomic E-state index is 0.0236. The summed E-state index contributed by atoms with van der Waals surface area (Å²) < 4.78 is 0. The predicted octanol–water partition coefficient (Wildman–Crippen LogP) is 1.42. The summed E-state index contributed by atoms with van der Waals surface area (Å²) in [5, 5.41) is 11.9. The third kappa shape index (κ3) is 4.40. The molecule has 0 saturated heterocycles. The van der Waals surface area contributed by atoms with Crippen LogP contribution in [0.5, 0.6) is 0 Å². The summed E-state index contributed by atoms with van der Waals surface area (Å²) in [4.78, 5) is 15.4. The van der Waals surface area contributed by atoms with Crippen molar-refractivity contribution < 1.29 is 9.90 Å². The lowest BCUT2D eigenvalue weighted by atomic mass is 10.1. The average molecular weight is 222 g/mol. The number of hydrogen-bond acceptors (Lipinski definition) is 3. The van der Waals surface area contributed by atoms with E-state index in [1.54, 1.807) is 19.3 Å². The second-order valence-corrected chi connectivity index (χ2v) is 3.96. The highest BCUT2D eigenvalue weighted by atomic mass is 16.3. The van der Waals surface area contributed by atoms with Crippen LogP contribution >= 0.6 is 0 Å². The van der Waals surface area contributed by atoms with Crippen LogP contribution in [0, 0.1) is 0 Å². The normalized spacial score (nSPS) is 14.2. The first kappa shape index (κ1) is 12.6. The molecule has 0 fully saturated rings. The molecule has 2 unspecified atom stereocenters. The van der Waals surface area contributed by atoms with Gasteiger partial charge in [0.15, 0.2) is 0 Å². The maximum atomic E-state index is 11.5. The Morgan fingerprint density at radius 2 is 2.06 bits per heavy atom. The van der Waals surface area contributed by atoms with Gasteiger partial charge in [-0.1, -0.05) is 0 Å². The molecule has 0 aliphatic heterocycles. The van der Waals surface area contributed by atoms with Gasteiger partial charge < -0.3 is 10.4 Å². The smallest absolute Gasteiger partial charge is 0.220 e. The molecule has 1 aromatic rings. The van der Waals surface area contributed by atoms with E-state index in [0.717, 1.165) is 5.56 Å². The lowest BCUT2D eigenvalue weighted by Crippen LogP contribution is -2.27. The van der Waals surface area contributed by atoms with Gasteiger partial charge in [0.25, 0.3) is 0 Å². The quantitative estimate of drug-likeness (QED) is 0.792. The number of carbonyl (C=O) groups excluding carboxylic acids is 1. The molecule has 1 aromatic heterocycles.